The van der Waals surface area contributed by atoms with Crippen molar-refractivity contribution in [3.05, 3.63) is 23.4 Å². The number of nitrogens with one attached hydrogen (secondary N) is 2. The maximum atomic E-state index is 12.1. The summed E-state index contributed by atoms with van der Waals surface area (Å²) in [5, 5.41) is 6.14. The molecule has 1 saturated heterocycles. The van der Waals surface area contributed by atoms with E-state index in [0.717, 1.165) is 25.3 Å². The van der Waals surface area contributed by atoms with Crippen molar-refractivity contribution in [1.29, 1.82) is 0 Å². The van der Waals surface area contributed by atoms with Crippen molar-refractivity contribution in [1.82, 2.24) is 10.3 Å². The molecule has 0 bridgehead atoms. The fraction of sp³-hybridized carbons (Fsp3) is 0.571. The minimum atomic E-state index is -0.231. The Hall–Kier alpha value is -1.42. The standard InChI is InChI=1S/C14H19N3O/c1-13(2,3)10-4-9-5-14(7-15-8-14)12(18)17-11(9)16-6-10/h4,6,15H,5,7-8H2,1-3H3,(H,16,17,18). The number of pyridine rings is 1. The van der Waals surface area contributed by atoms with E-state index < -0.39 is 0 Å². The summed E-state index contributed by atoms with van der Waals surface area (Å²) < 4.78 is 0. The first-order valence-corrected chi connectivity index (χ1v) is 6.42. The number of carbonyl (C=O) groups excluding carboxylic acids is 1. The predicted octanol–water partition coefficient (Wildman–Crippen LogP) is 1.46. The zero-order valence-electron chi connectivity index (χ0n) is 11.1. The van der Waals surface area contributed by atoms with Gasteiger partial charge in [0.15, 0.2) is 0 Å². The normalized spacial score (nSPS) is 21.2. The van der Waals surface area contributed by atoms with E-state index in [1.807, 2.05) is 6.20 Å². The number of hydrogen-bond donors (Lipinski definition) is 2. The van der Waals surface area contributed by atoms with Crippen molar-refractivity contribution in [2.75, 3.05) is 18.4 Å². The van der Waals surface area contributed by atoms with Gasteiger partial charge in [-0.2, -0.15) is 0 Å². The summed E-state index contributed by atoms with van der Waals surface area (Å²) in [6, 6.07) is 2.20. The lowest BCUT2D eigenvalue weighted by atomic mass is 9.73. The van der Waals surface area contributed by atoms with Gasteiger partial charge < -0.3 is 10.6 Å². The lowest BCUT2D eigenvalue weighted by molar-refractivity contribution is -0.128. The van der Waals surface area contributed by atoms with Crippen LogP contribution in [0.15, 0.2) is 12.3 Å². The number of aromatic nitrogens is 1. The van der Waals surface area contributed by atoms with Crippen molar-refractivity contribution >= 4 is 11.7 Å². The van der Waals surface area contributed by atoms with E-state index in [4.69, 9.17) is 0 Å². The van der Waals surface area contributed by atoms with Gasteiger partial charge in [-0.25, -0.2) is 4.98 Å². The first-order chi connectivity index (χ1) is 8.41. The molecule has 1 aromatic rings. The molecule has 2 aliphatic rings. The molecule has 1 aromatic heterocycles. The molecule has 18 heavy (non-hydrogen) atoms. The van der Waals surface area contributed by atoms with Crippen LogP contribution in [-0.4, -0.2) is 24.0 Å². The molecule has 0 atom stereocenters. The summed E-state index contributed by atoms with van der Waals surface area (Å²) in [5.41, 5.74) is 2.25. The maximum absolute atomic E-state index is 12.1. The Morgan fingerprint density at radius 2 is 2.06 bits per heavy atom. The summed E-state index contributed by atoms with van der Waals surface area (Å²) in [7, 11) is 0. The molecule has 96 valence electrons. The Bertz CT molecular complexity index is 512. The van der Waals surface area contributed by atoms with Crippen LogP contribution in [0.5, 0.6) is 0 Å². The van der Waals surface area contributed by atoms with E-state index in [9.17, 15) is 4.79 Å². The number of hydrogen-bond acceptors (Lipinski definition) is 3. The SMILES string of the molecule is CC(C)(C)c1cnc2c(c1)CC1(CNC1)C(=O)N2. The monoisotopic (exact) mass is 245 g/mol. The molecule has 0 saturated carbocycles. The summed E-state index contributed by atoms with van der Waals surface area (Å²) in [4.78, 5) is 16.5. The first-order valence-electron chi connectivity index (χ1n) is 6.42. The zero-order chi connectivity index (χ0) is 13.0. The number of carbonyl (C=O) groups is 1. The molecule has 1 spiro atoms. The van der Waals surface area contributed by atoms with Crippen LogP contribution in [0.4, 0.5) is 5.82 Å². The van der Waals surface area contributed by atoms with Gasteiger partial charge in [0.2, 0.25) is 5.91 Å². The van der Waals surface area contributed by atoms with Crippen molar-refractivity contribution in [3.8, 4) is 0 Å². The van der Waals surface area contributed by atoms with Crippen LogP contribution in [-0.2, 0) is 16.6 Å². The molecule has 1 fully saturated rings. The van der Waals surface area contributed by atoms with Crippen LogP contribution in [0.2, 0.25) is 0 Å². The van der Waals surface area contributed by atoms with Gasteiger partial charge in [-0.1, -0.05) is 26.8 Å². The zero-order valence-corrected chi connectivity index (χ0v) is 11.1. The lowest BCUT2D eigenvalue weighted by Crippen LogP contribution is -2.62. The topological polar surface area (TPSA) is 54.0 Å². The van der Waals surface area contributed by atoms with Gasteiger partial charge in [-0.15, -0.1) is 0 Å². The fourth-order valence-electron chi connectivity index (χ4n) is 2.57. The van der Waals surface area contributed by atoms with Crippen molar-refractivity contribution in [2.45, 2.75) is 32.6 Å². The fourth-order valence-corrected chi connectivity index (χ4v) is 2.57. The maximum Gasteiger partial charge on any atom is 0.234 e. The lowest BCUT2D eigenvalue weighted by Gasteiger charge is -2.44. The number of rotatable bonds is 0. The second-order valence-electron chi connectivity index (χ2n) is 6.50. The van der Waals surface area contributed by atoms with E-state index >= 15 is 0 Å². The molecule has 0 radical (unpaired) electrons. The summed E-state index contributed by atoms with van der Waals surface area (Å²) in [6.45, 7) is 8.09. The van der Waals surface area contributed by atoms with Crippen LogP contribution in [0.25, 0.3) is 0 Å². The number of fused-ring (bicyclic) bond motifs is 1. The Morgan fingerprint density at radius 1 is 1.33 bits per heavy atom. The van der Waals surface area contributed by atoms with Gasteiger partial charge in [0.25, 0.3) is 0 Å². The third kappa shape index (κ3) is 1.63. The van der Waals surface area contributed by atoms with E-state index in [1.54, 1.807) is 0 Å². The van der Waals surface area contributed by atoms with Gasteiger partial charge in [-0.05, 0) is 23.0 Å². The van der Waals surface area contributed by atoms with Crippen molar-refractivity contribution in [3.63, 3.8) is 0 Å². The summed E-state index contributed by atoms with van der Waals surface area (Å²) in [6.07, 6.45) is 2.67. The van der Waals surface area contributed by atoms with Crippen molar-refractivity contribution < 1.29 is 4.79 Å². The van der Waals surface area contributed by atoms with E-state index in [1.165, 1.54) is 11.1 Å². The quantitative estimate of drug-likeness (QED) is 0.727. The van der Waals surface area contributed by atoms with Gasteiger partial charge >= 0.3 is 0 Å². The number of amides is 1. The van der Waals surface area contributed by atoms with Crippen LogP contribution in [0.1, 0.15) is 31.9 Å². The largest absolute Gasteiger partial charge is 0.314 e. The minimum Gasteiger partial charge on any atom is -0.314 e. The van der Waals surface area contributed by atoms with Crippen molar-refractivity contribution in [2.24, 2.45) is 5.41 Å². The Morgan fingerprint density at radius 3 is 2.61 bits per heavy atom. The van der Waals surface area contributed by atoms with Crippen LogP contribution in [0.3, 0.4) is 0 Å². The molecule has 1 amide bonds. The van der Waals surface area contributed by atoms with E-state index in [2.05, 4.69) is 42.5 Å². The Balaban J connectivity index is 2.00. The molecule has 4 heteroatoms. The van der Waals surface area contributed by atoms with Gasteiger partial charge in [-0.3, -0.25) is 4.79 Å². The molecular weight excluding hydrogens is 226 g/mol. The van der Waals surface area contributed by atoms with Gasteiger partial charge in [0, 0.05) is 19.3 Å². The van der Waals surface area contributed by atoms with Crippen LogP contribution < -0.4 is 10.6 Å². The molecular formula is C14H19N3O. The van der Waals surface area contributed by atoms with E-state index in [-0.39, 0.29) is 16.7 Å². The Labute approximate surface area is 107 Å². The van der Waals surface area contributed by atoms with Crippen LogP contribution in [0, 0.1) is 5.41 Å². The first kappa shape index (κ1) is 11.7. The average Bonchev–Trinajstić information content (AvgIpc) is 2.24. The molecule has 0 aliphatic carbocycles. The third-order valence-electron chi connectivity index (χ3n) is 4.00. The van der Waals surface area contributed by atoms with Gasteiger partial charge in [0.05, 0.1) is 5.41 Å². The molecule has 2 aliphatic heterocycles. The Kier molecular flexibility index (Phi) is 2.29. The highest BCUT2D eigenvalue weighted by Crippen LogP contribution is 2.37. The molecule has 3 heterocycles. The number of nitrogens with zero attached hydrogens (tertiary/aromatic N) is 1. The van der Waals surface area contributed by atoms with Crippen LogP contribution >= 0.6 is 0 Å². The highest BCUT2D eigenvalue weighted by atomic mass is 16.2. The summed E-state index contributed by atoms with van der Waals surface area (Å²) >= 11 is 0. The molecule has 3 rings (SSSR count). The average molecular weight is 245 g/mol. The highest BCUT2D eigenvalue weighted by Gasteiger charge is 2.47. The summed E-state index contributed by atoms with van der Waals surface area (Å²) in [5.74, 6) is 0.857. The molecule has 2 N–H and O–H groups in total. The molecule has 0 unspecified atom stereocenters. The molecule has 4 nitrogen and oxygen atoms in total. The number of anilines is 1. The van der Waals surface area contributed by atoms with Gasteiger partial charge in [0.1, 0.15) is 5.82 Å². The third-order valence-corrected chi connectivity index (χ3v) is 4.00. The van der Waals surface area contributed by atoms with E-state index in [0.29, 0.717) is 0 Å². The second kappa shape index (κ2) is 3.54. The second-order valence-corrected chi connectivity index (χ2v) is 6.50. The predicted molar refractivity (Wildman–Crippen MR) is 70.6 cm³/mol. The molecule has 0 aromatic carbocycles. The minimum absolute atomic E-state index is 0.0918. The smallest absolute Gasteiger partial charge is 0.234 e. The highest BCUT2D eigenvalue weighted by molar-refractivity contribution is 5.98.